The Morgan fingerprint density at radius 2 is 1.68 bits per heavy atom. The van der Waals surface area contributed by atoms with Crippen molar-refractivity contribution in [2.75, 3.05) is 27.9 Å². The summed E-state index contributed by atoms with van der Waals surface area (Å²) in [5.74, 6) is 2.69. The quantitative estimate of drug-likeness (QED) is 0.749. The number of methoxy groups -OCH3 is 3. The van der Waals surface area contributed by atoms with Gasteiger partial charge >= 0.3 is 0 Å². The Labute approximate surface area is 167 Å². The molecule has 0 saturated heterocycles. The lowest BCUT2D eigenvalue weighted by Crippen LogP contribution is -2.41. The van der Waals surface area contributed by atoms with Gasteiger partial charge in [0, 0.05) is 13.0 Å². The standard InChI is InChI=1S/C23H29NO4/c1-15(2)12-22(25)24-11-10-17-13-20(27-4)21(28-5)14-19(17)23(24)16-6-8-18(26-3)9-7-16/h6-9,13-15,23H,10-12H2,1-5H3. The van der Waals surface area contributed by atoms with Gasteiger partial charge in [0.05, 0.1) is 27.4 Å². The highest BCUT2D eigenvalue weighted by molar-refractivity contribution is 5.78. The maximum absolute atomic E-state index is 13.0. The molecule has 2 aromatic rings. The lowest BCUT2D eigenvalue weighted by Gasteiger charge is -2.38. The Hall–Kier alpha value is -2.69. The minimum atomic E-state index is -0.152. The highest BCUT2D eigenvalue weighted by atomic mass is 16.5. The zero-order valence-corrected chi connectivity index (χ0v) is 17.3. The maximum atomic E-state index is 13.0. The van der Waals surface area contributed by atoms with Crippen LogP contribution >= 0.6 is 0 Å². The van der Waals surface area contributed by atoms with E-state index >= 15 is 0 Å². The van der Waals surface area contributed by atoms with Crippen LogP contribution in [-0.2, 0) is 11.2 Å². The molecule has 1 amide bonds. The van der Waals surface area contributed by atoms with Crippen LogP contribution in [0.1, 0.15) is 43.0 Å². The van der Waals surface area contributed by atoms with Gasteiger partial charge in [0.1, 0.15) is 5.75 Å². The number of benzene rings is 2. The van der Waals surface area contributed by atoms with Crippen molar-refractivity contribution >= 4 is 5.91 Å². The van der Waals surface area contributed by atoms with Crippen molar-refractivity contribution in [2.24, 2.45) is 5.92 Å². The lowest BCUT2D eigenvalue weighted by molar-refractivity contribution is -0.134. The van der Waals surface area contributed by atoms with Gasteiger partial charge in [0.15, 0.2) is 11.5 Å². The van der Waals surface area contributed by atoms with Crippen LogP contribution in [0, 0.1) is 5.92 Å². The van der Waals surface area contributed by atoms with Gasteiger partial charge in [-0.15, -0.1) is 0 Å². The molecular weight excluding hydrogens is 354 g/mol. The molecule has 0 radical (unpaired) electrons. The normalized spacial score (nSPS) is 15.9. The molecule has 0 aliphatic carbocycles. The highest BCUT2D eigenvalue weighted by Gasteiger charge is 2.33. The van der Waals surface area contributed by atoms with Crippen LogP contribution in [0.15, 0.2) is 36.4 Å². The predicted molar refractivity (Wildman–Crippen MR) is 109 cm³/mol. The Kier molecular flexibility index (Phi) is 6.12. The van der Waals surface area contributed by atoms with Gasteiger partial charge in [-0.3, -0.25) is 4.79 Å². The maximum Gasteiger partial charge on any atom is 0.223 e. The molecule has 1 unspecified atom stereocenters. The van der Waals surface area contributed by atoms with Crippen LogP contribution in [0.4, 0.5) is 0 Å². The molecule has 28 heavy (non-hydrogen) atoms. The molecular formula is C23H29NO4. The topological polar surface area (TPSA) is 48.0 Å². The summed E-state index contributed by atoms with van der Waals surface area (Å²) in [5.41, 5.74) is 3.34. The first-order chi connectivity index (χ1) is 13.5. The SMILES string of the molecule is COc1ccc(C2c3cc(OC)c(OC)cc3CCN2C(=O)CC(C)C)cc1. The number of carbonyl (C=O) groups excluding carboxylic acids is 1. The molecule has 0 bridgehead atoms. The van der Waals surface area contributed by atoms with Crippen molar-refractivity contribution in [3.63, 3.8) is 0 Å². The van der Waals surface area contributed by atoms with Crippen molar-refractivity contribution in [1.29, 1.82) is 0 Å². The van der Waals surface area contributed by atoms with E-state index in [4.69, 9.17) is 14.2 Å². The zero-order chi connectivity index (χ0) is 20.3. The summed E-state index contributed by atoms with van der Waals surface area (Å²) in [5, 5.41) is 0. The number of nitrogens with zero attached hydrogens (tertiary/aromatic N) is 1. The molecule has 1 aliphatic rings. The molecule has 3 rings (SSSR count). The number of fused-ring (bicyclic) bond motifs is 1. The molecule has 5 nitrogen and oxygen atoms in total. The van der Waals surface area contributed by atoms with Gasteiger partial charge in [-0.1, -0.05) is 26.0 Å². The zero-order valence-electron chi connectivity index (χ0n) is 17.3. The first-order valence-electron chi connectivity index (χ1n) is 9.66. The second-order valence-corrected chi connectivity index (χ2v) is 7.52. The molecule has 1 atom stereocenters. The fourth-order valence-electron chi connectivity index (χ4n) is 3.83. The number of hydrogen-bond acceptors (Lipinski definition) is 4. The summed E-state index contributed by atoms with van der Waals surface area (Å²) in [6, 6.07) is 11.8. The predicted octanol–water partition coefficient (Wildman–Crippen LogP) is 4.23. The fraction of sp³-hybridized carbons (Fsp3) is 0.435. The Bertz CT molecular complexity index is 829. The van der Waals surface area contributed by atoms with Crippen molar-refractivity contribution in [1.82, 2.24) is 4.90 Å². The molecule has 150 valence electrons. The number of rotatable bonds is 6. The molecule has 0 saturated carbocycles. The number of amides is 1. The Morgan fingerprint density at radius 3 is 2.25 bits per heavy atom. The third-order valence-electron chi connectivity index (χ3n) is 5.21. The minimum Gasteiger partial charge on any atom is -0.497 e. The average Bonchev–Trinajstić information content (AvgIpc) is 2.71. The van der Waals surface area contributed by atoms with Gasteiger partial charge in [-0.25, -0.2) is 0 Å². The van der Waals surface area contributed by atoms with E-state index in [9.17, 15) is 4.79 Å². The van der Waals surface area contributed by atoms with Crippen molar-refractivity contribution < 1.29 is 19.0 Å². The summed E-state index contributed by atoms with van der Waals surface area (Å²) in [4.78, 5) is 15.0. The molecule has 1 aliphatic heterocycles. The van der Waals surface area contributed by atoms with E-state index in [1.807, 2.05) is 41.3 Å². The Morgan fingerprint density at radius 1 is 1.04 bits per heavy atom. The Balaban J connectivity index is 2.10. The van der Waals surface area contributed by atoms with Crippen LogP contribution in [0.2, 0.25) is 0 Å². The van der Waals surface area contributed by atoms with Crippen LogP contribution in [0.3, 0.4) is 0 Å². The van der Waals surface area contributed by atoms with E-state index in [2.05, 4.69) is 13.8 Å². The summed E-state index contributed by atoms with van der Waals surface area (Å²) < 4.78 is 16.3. The van der Waals surface area contributed by atoms with Gasteiger partial charge < -0.3 is 19.1 Å². The second-order valence-electron chi connectivity index (χ2n) is 7.52. The molecule has 0 fully saturated rings. The van der Waals surface area contributed by atoms with Crippen LogP contribution < -0.4 is 14.2 Å². The summed E-state index contributed by atoms with van der Waals surface area (Å²) in [6.45, 7) is 4.84. The molecule has 2 aromatic carbocycles. The summed E-state index contributed by atoms with van der Waals surface area (Å²) in [6.07, 6.45) is 1.33. The number of carbonyl (C=O) groups is 1. The molecule has 0 N–H and O–H groups in total. The molecule has 5 heteroatoms. The molecule has 0 aromatic heterocycles. The fourth-order valence-corrected chi connectivity index (χ4v) is 3.83. The first-order valence-corrected chi connectivity index (χ1v) is 9.66. The van der Waals surface area contributed by atoms with E-state index in [0.717, 1.165) is 29.0 Å². The van der Waals surface area contributed by atoms with Gasteiger partial charge in [-0.2, -0.15) is 0 Å². The van der Waals surface area contributed by atoms with E-state index in [0.29, 0.717) is 24.6 Å². The van der Waals surface area contributed by atoms with E-state index in [1.165, 1.54) is 5.56 Å². The second kappa shape index (κ2) is 8.55. The van der Waals surface area contributed by atoms with E-state index < -0.39 is 0 Å². The van der Waals surface area contributed by atoms with Crippen LogP contribution in [-0.4, -0.2) is 38.7 Å². The van der Waals surface area contributed by atoms with Crippen molar-refractivity contribution in [3.05, 3.63) is 53.1 Å². The van der Waals surface area contributed by atoms with Crippen molar-refractivity contribution in [2.45, 2.75) is 32.7 Å². The minimum absolute atomic E-state index is 0.152. The van der Waals surface area contributed by atoms with Gasteiger partial charge in [-0.05, 0) is 53.3 Å². The average molecular weight is 383 g/mol. The molecule has 0 spiro atoms. The van der Waals surface area contributed by atoms with Crippen LogP contribution in [0.25, 0.3) is 0 Å². The number of ether oxygens (including phenoxy) is 3. The van der Waals surface area contributed by atoms with Gasteiger partial charge in [0.25, 0.3) is 0 Å². The first kappa shape index (κ1) is 20.1. The van der Waals surface area contributed by atoms with Gasteiger partial charge in [0.2, 0.25) is 5.91 Å². The van der Waals surface area contributed by atoms with E-state index in [-0.39, 0.29) is 11.9 Å². The third-order valence-corrected chi connectivity index (χ3v) is 5.21. The summed E-state index contributed by atoms with van der Waals surface area (Å²) in [7, 11) is 4.93. The van der Waals surface area contributed by atoms with Crippen molar-refractivity contribution in [3.8, 4) is 17.2 Å². The number of hydrogen-bond donors (Lipinski definition) is 0. The summed E-state index contributed by atoms with van der Waals surface area (Å²) >= 11 is 0. The van der Waals surface area contributed by atoms with Crippen LogP contribution in [0.5, 0.6) is 17.2 Å². The monoisotopic (exact) mass is 383 g/mol. The smallest absolute Gasteiger partial charge is 0.223 e. The lowest BCUT2D eigenvalue weighted by atomic mass is 9.87. The highest BCUT2D eigenvalue weighted by Crippen LogP contribution is 2.41. The van der Waals surface area contributed by atoms with E-state index in [1.54, 1.807) is 21.3 Å². The largest absolute Gasteiger partial charge is 0.497 e. The third kappa shape index (κ3) is 3.93. The molecule has 1 heterocycles.